The van der Waals surface area contributed by atoms with Gasteiger partial charge in [0.15, 0.2) is 0 Å². The van der Waals surface area contributed by atoms with Gasteiger partial charge in [0, 0.05) is 8.95 Å². The highest BCUT2D eigenvalue weighted by atomic mass is 79.9. The van der Waals surface area contributed by atoms with E-state index in [1.165, 1.54) is 5.56 Å². The van der Waals surface area contributed by atoms with Crippen molar-refractivity contribution in [2.45, 2.75) is 12.5 Å². The predicted molar refractivity (Wildman–Crippen MR) is 87.1 cm³/mol. The zero-order valence-electron chi connectivity index (χ0n) is 10.0. The number of hydrogen-bond donors (Lipinski definition) is 2. The Balaban J connectivity index is 2.28. The average Bonchev–Trinajstić information content (AvgIpc) is 2.40. The van der Waals surface area contributed by atoms with E-state index in [-0.39, 0.29) is 6.04 Å². The SMILES string of the molecule is NNC(Cc1cccc(Br)c1)c1cccc(Br)c1Cl. The molecule has 0 amide bonds. The molecule has 3 N–H and O–H groups in total. The summed E-state index contributed by atoms with van der Waals surface area (Å²) in [4.78, 5) is 0. The Hall–Kier alpha value is -0.390. The van der Waals surface area contributed by atoms with Crippen LogP contribution < -0.4 is 11.3 Å². The first-order valence-electron chi connectivity index (χ1n) is 5.76. The van der Waals surface area contributed by atoms with Gasteiger partial charge in [0.05, 0.1) is 11.1 Å². The minimum absolute atomic E-state index is 0.0284. The molecule has 0 aromatic heterocycles. The van der Waals surface area contributed by atoms with Crippen LogP contribution in [0.25, 0.3) is 0 Å². The first-order valence-corrected chi connectivity index (χ1v) is 7.72. The van der Waals surface area contributed by atoms with E-state index in [9.17, 15) is 0 Å². The molecule has 2 nitrogen and oxygen atoms in total. The minimum Gasteiger partial charge on any atom is -0.271 e. The van der Waals surface area contributed by atoms with E-state index >= 15 is 0 Å². The topological polar surface area (TPSA) is 38.0 Å². The third-order valence-corrected chi connectivity index (χ3v) is 4.69. The molecule has 2 rings (SSSR count). The summed E-state index contributed by atoms with van der Waals surface area (Å²) in [7, 11) is 0. The van der Waals surface area contributed by atoms with E-state index in [1.807, 2.05) is 30.3 Å². The van der Waals surface area contributed by atoms with Gasteiger partial charge in [-0.25, -0.2) is 0 Å². The van der Waals surface area contributed by atoms with Crippen molar-refractivity contribution in [2.75, 3.05) is 0 Å². The maximum Gasteiger partial charge on any atom is 0.0596 e. The second-order valence-corrected chi connectivity index (χ2v) is 6.34. The van der Waals surface area contributed by atoms with Gasteiger partial charge < -0.3 is 0 Å². The van der Waals surface area contributed by atoms with Crippen molar-refractivity contribution >= 4 is 43.5 Å². The van der Waals surface area contributed by atoms with Crippen molar-refractivity contribution in [2.24, 2.45) is 5.84 Å². The van der Waals surface area contributed by atoms with Crippen LogP contribution in [0, 0.1) is 0 Å². The lowest BCUT2D eigenvalue weighted by Gasteiger charge is -2.18. The molecule has 0 heterocycles. The van der Waals surface area contributed by atoms with Gasteiger partial charge in [0.1, 0.15) is 0 Å². The Bertz CT molecular complexity index is 575. The lowest BCUT2D eigenvalue weighted by atomic mass is 9.99. The van der Waals surface area contributed by atoms with Crippen LogP contribution in [0.5, 0.6) is 0 Å². The van der Waals surface area contributed by atoms with Crippen LogP contribution in [0.15, 0.2) is 51.4 Å². The monoisotopic (exact) mass is 402 g/mol. The molecule has 0 spiro atoms. The van der Waals surface area contributed by atoms with E-state index < -0.39 is 0 Å². The van der Waals surface area contributed by atoms with Crippen molar-refractivity contribution < 1.29 is 0 Å². The molecule has 0 aliphatic carbocycles. The molecular weight excluding hydrogens is 391 g/mol. The standard InChI is InChI=1S/C14H13Br2ClN2/c15-10-4-1-3-9(7-10)8-13(19-18)11-5-2-6-12(16)14(11)17/h1-7,13,19H,8,18H2. The number of rotatable bonds is 4. The predicted octanol–water partition coefficient (Wildman–Crippen LogP) is 4.61. The number of benzene rings is 2. The summed E-state index contributed by atoms with van der Waals surface area (Å²) in [5.41, 5.74) is 5.01. The fourth-order valence-electron chi connectivity index (χ4n) is 1.95. The molecule has 1 atom stereocenters. The third-order valence-electron chi connectivity index (χ3n) is 2.89. The molecule has 0 aliphatic rings. The fourth-order valence-corrected chi connectivity index (χ4v) is 3.03. The number of hydrogen-bond acceptors (Lipinski definition) is 2. The second-order valence-electron chi connectivity index (χ2n) is 4.20. The smallest absolute Gasteiger partial charge is 0.0596 e. The fraction of sp³-hybridized carbons (Fsp3) is 0.143. The van der Waals surface area contributed by atoms with Crippen LogP contribution >= 0.6 is 43.5 Å². The molecule has 0 aliphatic heterocycles. The summed E-state index contributed by atoms with van der Waals surface area (Å²) in [5.74, 6) is 5.67. The quantitative estimate of drug-likeness (QED) is 0.577. The summed E-state index contributed by atoms with van der Waals surface area (Å²) < 4.78 is 1.93. The summed E-state index contributed by atoms with van der Waals surface area (Å²) in [5, 5.41) is 0.695. The van der Waals surface area contributed by atoms with E-state index in [1.54, 1.807) is 0 Å². The highest BCUT2D eigenvalue weighted by Gasteiger charge is 2.15. The maximum atomic E-state index is 6.31. The zero-order chi connectivity index (χ0) is 13.8. The van der Waals surface area contributed by atoms with Crippen LogP contribution in [0.4, 0.5) is 0 Å². The summed E-state index contributed by atoms with van der Waals surface area (Å²) >= 11 is 13.2. The third kappa shape index (κ3) is 3.80. The molecule has 0 bridgehead atoms. The van der Waals surface area contributed by atoms with Gasteiger partial charge in [-0.3, -0.25) is 11.3 Å². The minimum atomic E-state index is -0.0284. The maximum absolute atomic E-state index is 6.31. The Kier molecular flexibility index (Phi) is 5.42. The van der Waals surface area contributed by atoms with Gasteiger partial charge in [-0.05, 0) is 51.7 Å². The van der Waals surface area contributed by atoms with Gasteiger partial charge >= 0.3 is 0 Å². The molecule has 0 saturated carbocycles. The van der Waals surface area contributed by atoms with Gasteiger partial charge in [-0.2, -0.15) is 0 Å². The number of hydrazine groups is 1. The highest BCUT2D eigenvalue weighted by molar-refractivity contribution is 9.10. The van der Waals surface area contributed by atoms with Gasteiger partial charge in [0.25, 0.3) is 0 Å². The van der Waals surface area contributed by atoms with E-state index in [2.05, 4.69) is 49.4 Å². The Morgan fingerprint density at radius 1 is 1.16 bits per heavy atom. The van der Waals surface area contributed by atoms with Crippen LogP contribution in [-0.2, 0) is 6.42 Å². The molecule has 100 valence electrons. The molecule has 0 saturated heterocycles. The largest absolute Gasteiger partial charge is 0.271 e. The first-order chi connectivity index (χ1) is 9.11. The van der Waals surface area contributed by atoms with Crippen molar-refractivity contribution in [1.82, 2.24) is 5.43 Å². The van der Waals surface area contributed by atoms with E-state index in [0.717, 1.165) is 20.9 Å². The van der Waals surface area contributed by atoms with Crippen molar-refractivity contribution in [3.63, 3.8) is 0 Å². The second kappa shape index (κ2) is 6.86. The van der Waals surface area contributed by atoms with Gasteiger partial charge in [0.2, 0.25) is 0 Å². The lowest BCUT2D eigenvalue weighted by Crippen LogP contribution is -2.29. The van der Waals surface area contributed by atoms with Gasteiger partial charge in [-0.1, -0.05) is 51.8 Å². The molecule has 1 unspecified atom stereocenters. The zero-order valence-corrected chi connectivity index (χ0v) is 14.0. The molecular formula is C14H13Br2ClN2. The molecule has 2 aromatic carbocycles. The van der Waals surface area contributed by atoms with E-state index in [4.69, 9.17) is 17.4 Å². The van der Waals surface area contributed by atoms with Crippen LogP contribution in [-0.4, -0.2) is 0 Å². The van der Waals surface area contributed by atoms with Gasteiger partial charge in [-0.15, -0.1) is 0 Å². The van der Waals surface area contributed by atoms with Crippen molar-refractivity contribution in [3.05, 3.63) is 67.6 Å². The Morgan fingerprint density at radius 2 is 1.89 bits per heavy atom. The van der Waals surface area contributed by atoms with E-state index in [0.29, 0.717) is 5.02 Å². The highest BCUT2D eigenvalue weighted by Crippen LogP contribution is 2.31. The summed E-state index contributed by atoms with van der Waals surface area (Å²) in [6.07, 6.45) is 0.770. The molecule has 2 aromatic rings. The number of halogens is 3. The number of nitrogens with two attached hydrogens (primary N) is 1. The lowest BCUT2D eigenvalue weighted by molar-refractivity contribution is 0.552. The Labute approximate surface area is 134 Å². The first kappa shape index (κ1) is 15.0. The molecule has 0 radical (unpaired) electrons. The number of nitrogens with one attached hydrogen (secondary N) is 1. The van der Waals surface area contributed by atoms with Crippen LogP contribution in [0.3, 0.4) is 0 Å². The normalized spacial score (nSPS) is 12.4. The van der Waals surface area contributed by atoms with Crippen molar-refractivity contribution in [3.8, 4) is 0 Å². The molecule has 0 fully saturated rings. The summed E-state index contributed by atoms with van der Waals surface area (Å²) in [6.45, 7) is 0. The van der Waals surface area contributed by atoms with Crippen molar-refractivity contribution in [1.29, 1.82) is 0 Å². The van der Waals surface area contributed by atoms with Crippen LogP contribution in [0.1, 0.15) is 17.2 Å². The molecule has 19 heavy (non-hydrogen) atoms. The molecule has 5 heteroatoms. The van der Waals surface area contributed by atoms with Crippen LogP contribution in [0.2, 0.25) is 5.02 Å². The average molecular weight is 405 g/mol. The summed E-state index contributed by atoms with van der Waals surface area (Å²) in [6, 6.07) is 14.0. The Morgan fingerprint density at radius 3 is 2.58 bits per heavy atom.